The second-order valence-electron chi connectivity index (χ2n) is 18.3. The summed E-state index contributed by atoms with van der Waals surface area (Å²) < 4.78 is 15.8. The number of nitrogens with one attached hydrogen (secondary N) is 2. The predicted molar refractivity (Wildman–Crippen MR) is 269 cm³/mol. The van der Waals surface area contributed by atoms with Gasteiger partial charge in [0.25, 0.3) is 0 Å². The second-order valence-corrected chi connectivity index (χ2v) is 18.3. The molecule has 0 aliphatic carbocycles. The highest BCUT2D eigenvalue weighted by molar-refractivity contribution is 6.12. The summed E-state index contributed by atoms with van der Waals surface area (Å²) >= 11 is 0. The average molecular weight is 907 g/mol. The number of aromatic nitrogens is 4. The Kier molecular flexibility index (Phi) is 13.0. The van der Waals surface area contributed by atoms with E-state index in [9.17, 15) is 9.59 Å². The molecule has 0 spiro atoms. The lowest BCUT2D eigenvalue weighted by molar-refractivity contribution is -0.115. The molecule has 0 saturated heterocycles. The third-order valence-corrected chi connectivity index (χ3v) is 10.7. The summed E-state index contributed by atoms with van der Waals surface area (Å²) in [4.78, 5) is 44.4. The van der Waals surface area contributed by atoms with Crippen molar-refractivity contribution in [3.63, 3.8) is 0 Å². The van der Waals surface area contributed by atoms with Crippen LogP contribution in [0.4, 0.5) is 39.2 Å². The van der Waals surface area contributed by atoms with Crippen LogP contribution >= 0.6 is 0 Å². The van der Waals surface area contributed by atoms with Gasteiger partial charge in [-0.1, -0.05) is 90.1 Å². The first-order chi connectivity index (χ1) is 32.5. The van der Waals surface area contributed by atoms with Gasteiger partial charge in [-0.3, -0.25) is 14.5 Å². The molecule has 4 amide bonds. The molecule has 8 aromatic rings. The maximum atomic E-state index is 16.5. The first-order valence-electron chi connectivity index (χ1n) is 22.3. The Balaban J connectivity index is 1.38. The summed E-state index contributed by atoms with van der Waals surface area (Å²) in [6, 6.07) is 51.6. The minimum absolute atomic E-state index is 0.230. The fraction of sp³-hybridized carbons (Fsp3) is 0.182. The molecule has 0 radical (unpaired) electrons. The molecule has 68 heavy (non-hydrogen) atoms. The first kappa shape index (κ1) is 46.1. The summed E-state index contributed by atoms with van der Waals surface area (Å²) in [6.07, 6.45) is 0. The second kappa shape index (κ2) is 19.2. The fourth-order valence-corrected chi connectivity index (χ4v) is 7.37. The van der Waals surface area contributed by atoms with Crippen molar-refractivity contribution in [3.05, 3.63) is 181 Å². The number of para-hydroxylation sites is 2. The number of ether oxygens (including phenoxy) is 2. The largest absolute Gasteiger partial charge is 0.457 e. The molecule has 0 aliphatic rings. The van der Waals surface area contributed by atoms with Gasteiger partial charge in [0.2, 0.25) is 11.8 Å². The van der Waals surface area contributed by atoms with Crippen LogP contribution in [-0.4, -0.2) is 37.4 Å². The quantitative estimate of drug-likeness (QED) is 0.125. The van der Waals surface area contributed by atoms with Crippen LogP contribution < -0.4 is 29.9 Å². The van der Waals surface area contributed by atoms with Gasteiger partial charge in [-0.05, 0) is 109 Å². The van der Waals surface area contributed by atoms with Crippen molar-refractivity contribution in [2.75, 3.05) is 20.4 Å². The average Bonchev–Trinajstić information content (AvgIpc) is 3.95. The lowest BCUT2D eigenvalue weighted by Gasteiger charge is -2.31. The number of nitrogens with zero attached hydrogens (tertiary/aromatic N) is 6. The summed E-state index contributed by atoms with van der Waals surface area (Å²) in [7, 11) is 0. The van der Waals surface area contributed by atoms with Crippen molar-refractivity contribution in [1.29, 1.82) is 0 Å². The van der Waals surface area contributed by atoms with Gasteiger partial charge in [-0.15, -0.1) is 0 Å². The van der Waals surface area contributed by atoms with Gasteiger partial charge in [0, 0.05) is 48.2 Å². The van der Waals surface area contributed by atoms with Crippen LogP contribution in [0.5, 0.6) is 23.0 Å². The Bertz CT molecular complexity index is 2860. The van der Waals surface area contributed by atoms with Crippen molar-refractivity contribution in [1.82, 2.24) is 19.6 Å². The smallest absolute Gasteiger partial charge is 0.340 e. The predicted octanol–water partition coefficient (Wildman–Crippen LogP) is 13.3. The van der Waals surface area contributed by atoms with Crippen LogP contribution in [-0.2, 0) is 20.4 Å². The zero-order valence-corrected chi connectivity index (χ0v) is 39.4. The van der Waals surface area contributed by atoms with Gasteiger partial charge >= 0.3 is 6.03 Å². The van der Waals surface area contributed by atoms with E-state index in [1.165, 1.54) is 13.8 Å². The van der Waals surface area contributed by atoms with Gasteiger partial charge in [0.1, 0.15) is 34.6 Å². The highest BCUT2D eigenvalue weighted by atomic mass is 16.5. The van der Waals surface area contributed by atoms with E-state index >= 15 is 4.79 Å². The fourth-order valence-electron chi connectivity index (χ4n) is 7.37. The van der Waals surface area contributed by atoms with E-state index < -0.39 is 16.9 Å². The van der Waals surface area contributed by atoms with Crippen LogP contribution in [0.1, 0.15) is 66.8 Å². The van der Waals surface area contributed by atoms with Crippen molar-refractivity contribution in [3.8, 4) is 34.4 Å². The van der Waals surface area contributed by atoms with Crippen LogP contribution in [0.15, 0.2) is 170 Å². The molecule has 2 N–H and O–H groups in total. The number of carbonyl (C=O) groups excluding carboxylic acids is 3. The van der Waals surface area contributed by atoms with Crippen molar-refractivity contribution < 1.29 is 23.9 Å². The van der Waals surface area contributed by atoms with E-state index in [0.29, 0.717) is 80.1 Å². The number of rotatable bonds is 12. The Labute approximate surface area is 396 Å². The van der Waals surface area contributed by atoms with Gasteiger partial charge in [0.05, 0.1) is 34.1 Å². The van der Waals surface area contributed by atoms with Crippen molar-refractivity contribution in [2.45, 2.75) is 66.2 Å². The minimum Gasteiger partial charge on any atom is -0.457 e. The monoisotopic (exact) mass is 906 g/mol. The lowest BCUT2D eigenvalue weighted by Crippen LogP contribution is -2.40. The Morgan fingerprint density at radius 2 is 0.824 bits per heavy atom. The van der Waals surface area contributed by atoms with Gasteiger partial charge in [0.15, 0.2) is 0 Å². The van der Waals surface area contributed by atoms with Gasteiger partial charge < -0.3 is 20.1 Å². The van der Waals surface area contributed by atoms with Crippen LogP contribution in [0.25, 0.3) is 11.4 Å². The molecular formula is C55H54N8O5. The third kappa shape index (κ3) is 10.6. The molecule has 0 unspecified atom stereocenters. The number of anilines is 6. The van der Waals surface area contributed by atoms with E-state index in [0.717, 1.165) is 0 Å². The van der Waals surface area contributed by atoms with Crippen molar-refractivity contribution in [2.24, 2.45) is 0 Å². The van der Waals surface area contributed by atoms with E-state index in [2.05, 4.69) is 52.2 Å². The maximum Gasteiger partial charge on any atom is 0.340 e. The Morgan fingerprint density at radius 3 is 1.18 bits per heavy atom. The summed E-state index contributed by atoms with van der Waals surface area (Å²) in [6.45, 7) is 15.3. The molecule has 13 heteroatoms. The minimum atomic E-state index is -0.488. The van der Waals surface area contributed by atoms with Crippen molar-refractivity contribution >= 4 is 52.2 Å². The molecule has 0 aliphatic heterocycles. The molecule has 0 saturated carbocycles. The van der Waals surface area contributed by atoms with Crippen LogP contribution in [0.3, 0.4) is 0 Å². The molecule has 2 heterocycles. The molecule has 13 nitrogen and oxygen atoms in total. The SMILES string of the molecule is CC(=O)Nc1cccc(-n2nc(C(C)(C)C)cc2N(C(=O)N(c2ccc(Oc3ccccc3)cc2)c2ccc(Oc3ccccc3)cc2)c2cc(C(C)(C)C)nn2-c2cccc(NC(C)=O)c2)c1. The zero-order valence-electron chi connectivity index (χ0n) is 39.4. The Hall–Kier alpha value is -8.45. The number of benzene rings is 6. The number of urea groups is 1. The third-order valence-electron chi connectivity index (χ3n) is 10.7. The molecule has 0 atom stereocenters. The number of amides is 4. The topological polar surface area (TPSA) is 136 Å². The Morgan fingerprint density at radius 1 is 0.456 bits per heavy atom. The highest BCUT2D eigenvalue weighted by Gasteiger charge is 2.36. The van der Waals surface area contributed by atoms with E-state index in [4.69, 9.17) is 19.7 Å². The number of hydrogen-bond donors (Lipinski definition) is 2. The molecule has 6 aromatic carbocycles. The molecule has 344 valence electrons. The van der Waals surface area contributed by atoms with E-state index in [-0.39, 0.29) is 11.8 Å². The summed E-state index contributed by atoms with van der Waals surface area (Å²) in [5.74, 6) is 2.81. The molecule has 2 aromatic heterocycles. The zero-order chi connectivity index (χ0) is 48.2. The summed E-state index contributed by atoms with van der Waals surface area (Å²) in [5.41, 5.74) is 3.78. The maximum absolute atomic E-state index is 16.5. The number of hydrogen-bond acceptors (Lipinski definition) is 7. The van der Waals surface area contributed by atoms with Gasteiger partial charge in [-0.2, -0.15) is 10.2 Å². The first-order valence-corrected chi connectivity index (χ1v) is 22.3. The molecule has 0 fully saturated rings. The standard InChI is InChI=1S/C55H54N8O5/c1-37(64)56-39-17-15-19-43(33-39)62-51(35-49(58-62)54(3,4)5)61(52-36-50(55(6,7)8)59-63(52)44-20-16-18-40(34-44)57-38(2)65)53(66)60(41-25-29-47(30-26-41)67-45-21-11-9-12-22-45)42-27-31-48(32-28-42)68-46-23-13-10-14-24-46/h9-36H,1-8H3,(H,56,64)(H,57,65). The molecule has 0 bridgehead atoms. The van der Waals surface area contributed by atoms with E-state index in [1.54, 1.807) is 31.3 Å². The summed E-state index contributed by atoms with van der Waals surface area (Å²) in [5, 5.41) is 16.2. The van der Waals surface area contributed by atoms with Gasteiger partial charge in [-0.25, -0.2) is 19.1 Å². The highest BCUT2D eigenvalue weighted by Crippen LogP contribution is 2.41. The van der Waals surface area contributed by atoms with E-state index in [1.807, 2.05) is 158 Å². The normalized spacial score (nSPS) is 11.4. The molecular weight excluding hydrogens is 853 g/mol. The van der Waals surface area contributed by atoms with Crippen LogP contribution in [0.2, 0.25) is 0 Å². The number of carbonyl (C=O) groups is 3. The van der Waals surface area contributed by atoms with Crippen LogP contribution in [0, 0.1) is 0 Å². The molecule has 8 rings (SSSR count). The lowest BCUT2D eigenvalue weighted by atomic mass is 9.92.